The average Bonchev–Trinajstić information content (AvgIpc) is 3.03. The van der Waals surface area contributed by atoms with Crippen molar-refractivity contribution in [3.05, 3.63) is 59.2 Å². The summed E-state index contributed by atoms with van der Waals surface area (Å²) in [4.78, 5) is 16.3. The zero-order valence-corrected chi connectivity index (χ0v) is 25.8. The first kappa shape index (κ1) is 31.4. The number of rotatable bonds is 12. The largest absolute Gasteiger partial charge is 0.494 e. The average molecular weight is 631 g/mol. The van der Waals surface area contributed by atoms with Crippen LogP contribution in [0.15, 0.2) is 48.7 Å². The number of para-hydroxylation sites is 1. The molecule has 2 fully saturated rings. The maximum Gasteiger partial charge on any atom is 0.232 e. The van der Waals surface area contributed by atoms with Gasteiger partial charge in [0.2, 0.25) is 17.2 Å². The molecule has 0 amide bonds. The number of ether oxygens (including phenoxy) is 1. The molecule has 5 rings (SSSR count). The van der Waals surface area contributed by atoms with Gasteiger partial charge in [0.1, 0.15) is 10.8 Å². The smallest absolute Gasteiger partial charge is 0.232 e. The highest BCUT2D eigenvalue weighted by atomic mass is 35.5. The fourth-order valence-electron chi connectivity index (χ4n) is 5.66. The van der Waals surface area contributed by atoms with Gasteiger partial charge in [0.25, 0.3) is 0 Å². The van der Waals surface area contributed by atoms with E-state index in [4.69, 9.17) is 20.9 Å². The fraction of sp³-hybridized carbons (Fsp3) is 0.448. The van der Waals surface area contributed by atoms with Gasteiger partial charge in [-0.1, -0.05) is 29.8 Å². The number of methoxy groups -OCH3 is 1. The van der Waals surface area contributed by atoms with E-state index in [9.17, 15) is 9.32 Å². The molecule has 1 atom stereocenters. The zero-order chi connectivity index (χ0) is 30.2. The number of nitrogens with zero attached hydrogens (tertiary/aromatic N) is 5. The molecule has 0 spiro atoms. The molecule has 2 aliphatic heterocycles. The predicted molar refractivity (Wildman–Crippen MR) is 171 cm³/mol. The number of aliphatic hydroxyl groups excluding tert-OH is 1. The Morgan fingerprint density at radius 2 is 1.81 bits per heavy atom. The Labute approximate surface area is 259 Å². The van der Waals surface area contributed by atoms with Gasteiger partial charge >= 0.3 is 0 Å². The maximum absolute atomic E-state index is 11.1. The molecule has 5 N–H and O–H groups in total. The standard InChI is InChI=1S/C29H39ClN8O4S/c1-42-27-18-23(37-10-8-22(9-11-37)38-14-12-36(13-15-38)16-17-39)6-7-26(27)34-29-31-20-24(30)28(35-29)33-25-5-3-2-4-21(25)19-32-43(40)41/h2-7,18,20,22,32,39H,8-17,19H2,1H3,(H,40,41)(H2,31,33,34,35). The van der Waals surface area contributed by atoms with Crippen LogP contribution in [0.2, 0.25) is 5.02 Å². The van der Waals surface area contributed by atoms with E-state index < -0.39 is 11.3 Å². The van der Waals surface area contributed by atoms with Crippen LogP contribution in [-0.2, 0) is 17.8 Å². The van der Waals surface area contributed by atoms with Crippen molar-refractivity contribution in [1.29, 1.82) is 0 Å². The summed E-state index contributed by atoms with van der Waals surface area (Å²) in [5.41, 5.74) is 3.31. The second-order valence-electron chi connectivity index (χ2n) is 10.6. The number of piperazine rings is 1. The number of halogens is 1. The SMILES string of the molecule is COc1cc(N2CCC(N3CCN(CCO)CC3)CC2)ccc1Nc1ncc(Cl)c(Nc2ccccc2CNS(=O)O)n1. The summed E-state index contributed by atoms with van der Waals surface area (Å²) in [6.07, 6.45) is 3.75. The molecule has 43 heavy (non-hydrogen) atoms. The number of anilines is 5. The Bertz CT molecular complexity index is 1390. The highest BCUT2D eigenvalue weighted by Gasteiger charge is 2.27. The van der Waals surface area contributed by atoms with Crippen LogP contribution in [-0.4, -0.2) is 99.2 Å². The lowest BCUT2D eigenvalue weighted by Crippen LogP contribution is -2.53. The number of piperidine rings is 1. The van der Waals surface area contributed by atoms with Gasteiger partial charge in [0, 0.05) is 75.8 Å². The van der Waals surface area contributed by atoms with E-state index in [1.54, 1.807) is 7.11 Å². The Kier molecular flexibility index (Phi) is 11.0. The molecule has 0 radical (unpaired) electrons. The number of aromatic nitrogens is 2. The summed E-state index contributed by atoms with van der Waals surface area (Å²) < 4.78 is 28.4. The summed E-state index contributed by atoms with van der Waals surface area (Å²) in [6, 6.07) is 14.1. The number of β-amino-alcohol motifs (C(OH)–C–C–N with tert-alkyl or cyclic N) is 1. The molecule has 0 bridgehead atoms. The first-order valence-electron chi connectivity index (χ1n) is 14.4. The van der Waals surface area contributed by atoms with Crippen molar-refractivity contribution in [2.24, 2.45) is 0 Å². The van der Waals surface area contributed by atoms with Gasteiger partial charge in [-0.15, -0.1) is 0 Å². The van der Waals surface area contributed by atoms with E-state index in [2.05, 4.69) is 46.1 Å². The number of hydrogen-bond acceptors (Lipinski definition) is 10. The Balaban J connectivity index is 1.22. The van der Waals surface area contributed by atoms with Crippen LogP contribution in [0.1, 0.15) is 18.4 Å². The molecular weight excluding hydrogens is 592 g/mol. The third kappa shape index (κ3) is 8.32. The van der Waals surface area contributed by atoms with Crippen LogP contribution in [0.25, 0.3) is 0 Å². The summed E-state index contributed by atoms with van der Waals surface area (Å²) >= 11 is 4.28. The topological polar surface area (TPSA) is 138 Å². The van der Waals surface area contributed by atoms with Gasteiger partial charge < -0.3 is 25.4 Å². The van der Waals surface area contributed by atoms with Crippen molar-refractivity contribution in [3.8, 4) is 5.75 Å². The molecule has 1 unspecified atom stereocenters. The third-order valence-electron chi connectivity index (χ3n) is 8.00. The van der Waals surface area contributed by atoms with Crippen molar-refractivity contribution < 1.29 is 18.6 Å². The van der Waals surface area contributed by atoms with Crippen molar-refractivity contribution in [3.63, 3.8) is 0 Å². The van der Waals surface area contributed by atoms with Gasteiger partial charge in [-0.05, 0) is 36.6 Å². The van der Waals surface area contributed by atoms with Crippen LogP contribution in [0.3, 0.4) is 0 Å². The van der Waals surface area contributed by atoms with Gasteiger partial charge in [0.15, 0.2) is 5.82 Å². The van der Waals surface area contributed by atoms with E-state index >= 15 is 0 Å². The highest BCUT2D eigenvalue weighted by molar-refractivity contribution is 7.77. The second-order valence-corrected chi connectivity index (χ2v) is 11.8. The lowest BCUT2D eigenvalue weighted by Gasteiger charge is -2.43. The van der Waals surface area contributed by atoms with E-state index in [0.29, 0.717) is 34.3 Å². The Morgan fingerprint density at radius 1 is 1.05 bits per heavy atom. The molecule has 0 saturated carbocycles. The van der Waals surface area contributed by atoms with Gasteiger partial charge in [0.05, 0.1) is 25.6 Å². The maximum atomic E-state index is 11.1. The van der Waals surface area contributed by atoms with Crippen molar-refractivity contribution in [2.75, 3.05) is 75.1 Å². The first-order chi connectivity index (χ1) is 20.9. The summed E-state index contributed by atoms with van der Waals surface area (Å²) in [5, 5.41) is 16.0. The van der Waals surface area contributed by atoms with E-state index in [0.717, 1.165) is 75.6 Å². The number of hydrogen-bond donors (Lipinski definition) is 5. The number of benzene rings is 2. The number of nitrogens with one attached hydrogen (secondary N) is 3. The number of aliphatic hydroxyl groups is 1. The van der Waals surface area contributed by atoms with E-state index in [1.807, 2.05) is 36.4 Å². The lowest BCUT2D eigenvalue weighted by atomic mass is 10.0. The molecule has 232 valence electrons. The summed E-state index contributed by atoms with van der Waals surface area (Å²) in [6.45, 7) is 7.34. The second kappa shape index (κ2) is 15.1. The molecule has 12 nitrogen and oxygen atoms in total. The predicted octanol–water partition coefficient (Wildman–Crippen LogP) is 3.43. The molecule has 14 heteroatoms. The van der Waals surface area contributed by atoms with Crippen LogP contribution in [0, 0.1) is 0 Å². The van der Waals surface area contributed by atoms with Gasteiger partial charge in [-0.2, -0.15) is 4.98 Å². The Morgan fingerprint density at radius 3 is 2.53 bits per heavy atom. The minimum absolute atomic E-state index is 0.184. The monoisotopic (exact) mass is 630 g/mol. The molecule has 3 heterocycles. The molecule has 1 aromatic heterocycles. The van der Waals surface area contributed by atoms with Crippen LogP contribution >= 0.6 is 11.6 Å². The molecule has 3 aromatic rings. The zero-order valence-electron chi connectivity index (χ0n) is 24.2. The third-order valence-corrected chi connectivity index (χ3v) is 8.67. The summed E-state index contributed by atoms with van der Waals surface area (Å²) in [5.74, 6) is 1.41. The van der Waals surface area contributed by atoms with Crippen molar-refractivity contribution >= 4 is 51.7 Å². The highest BCUT2D eigenvalue weighted by Crippen LogP contribution is 2.34. The Hall–Kier alpha value is -3.04. The van der Waals surface area contributed by atoms with Crippen molar-refractivity contribution in [2.45, 2.75) is 25.4 Å². The van der Waals surface area contributed by atoms with Crippen molar-refractivity contribution in [1.82, 2.24) is 24.5 Å². The quantitative estimate of drug-likeness (QED) is 0.188. The van der Waals surface area contributed by atoms with E-state index in [-0.39, 0.29) is 13.2 Å². The summed E-state index contributed by atoms with van der Waals surface area (Å²) in [7, 11) is 1.65. The van der Waals surface area contributed by atoms with E-state index in [1.165, 1.54) is 6.20 Å². The molecule has 2 aromatic carbocycles. The first-order valence-corrected chi connectivity index (χ1v) is 15.9. The minimum Gasteiger partial charge on any atom is -0.494 e. The lowest BCUT2D eigenvalue weighted by molar-refractivity contribution is 0.0747. The van der Waals surface area contributed by atoms with Gasteiger partial charge in [-0.25, -0.2) is 13.9 Å². The molecule has 2 aliphatic rings. The normalized spacial score (nSPS) is 17.5. The molecular formula is C29H39ClN8O4S. The molecule has 0 aliphatic carbocycles. The van der Waals surface area contributed by atoms with Crippen LogP contribution in [0.4, 0.5) is 28.8 Å². The fourth-order valence-corrected chi connectivity index (χ4v) is 6.08. The van der Waals surface area contributed by atoms with Gasteiger partial charge in [-0.3, -0.25) is 14.4 Å². The van der Waals surface area contributed by atoms with Crippen LogP contribution < -0.4 is 25.0 Å². The van der Waals surface area contributed by atoms with Crippen LogP contribution in [0.5, 0.6) is 5.75 Å². The minimum atomic E-state index is -2.13. The molecule has 2 saturated heterocycles.